The van der Waals surface area contributed by atoms with Crippen molar-refractivity contribution in [3.63, 3.8) is 0 Å². The Labute approximate surface area is 169 Å². The standard InChI is InChI=1S/C21H29BrN2O3/c1-21(2,3)27-20(25)15-7-5-6-14(8-9-15)12-24-13-16-18(23-24)11-10-17(22)19(16)26-4/h10-11,13-15H,5-9,12H2,1-4H3. The molecular weight excluding hydrogens is 408 g/mol. The summed E-state index contributed by atoms with van der Waals surface area (Å²) in [7, 11) is 1.68. The number of ether oxygens (including phenoxy) is 2. The molecule has 5 nitrogen and oxygen atoms in total. The molecule has 0 saturated heterocycles. The second-order valence-corrected chi connectivity index (χ2v) is 9.32. The molecule has 1 aliphatic carbocycles. The molecule has 1 heterocycles. The molecule has 2 unspecified atom stereocenters. The van der Waals surface area contributed by atoms with Crippen LogP contribution in [0.1, 0.15) is 52.9 Å². The van der Waals surface area contributed by atoms with Crippen molar-refractivity contribution in [2.75, 3.05) is 7.11 Å². The van der Waals surface area contributed by atoms with Gasteiger partial charge in [-0.05, 0) is 80.4 Å². The van der Waals surface area contributed by atoms with E-state index in [0.717, 1.165) is 59.8 Å². The molecular formula is C21H29BrN2O3. The van der Waals surface area contributed by atoms with Gasteiger partial charge in [-0.2, -0.15) is 5.10 Å². The number of rotatable bonds is 4. The van der Waals surface area contributed by atoms with Gasteiger partial charge >= 0.3 is 5.97 Å². The van der Waals surface area contributed by atoms with Crippen LogP contribution in [0, 0.1) is 11.8 Å². The normalized spacial score (nSPS) is 21.1. The lowest BCUT2D eigenvalue weighted by atomic mass is 9.98. The fraction of sp³-hybridized carbons (Fsp3) is 0.619. The molecule has 3 rings (SSSR count). The number of carbonyl (C=O) groups is 1. The predicted octanol–water partition coefficient (Wildman–Crippen LogP) is 5.35. The second-order valence-electron chi connectivity index (χ2n) is 8.47. The highest BCUT2D eigenvalue weighted by Gasteiger charge is 2.28. The quantitative estimate of drug-likeness (QED) is 0.478. The summed E-state index contributed by atoms with van der Waals surface area (Å²) in [4.78, 5) is 12.4. The van der Waals surface area contributed by atoms with Gasteiger partial charge < -0.3 is 9.47 Å². The Morgan fingerprint density at radius 3 is 2.74 bits per heavy atom. The van der Waals surface area contributed by atoms with Crippen molar-refractivity contribution in [1.29, 1.82) is 0 Å². The summed E-state index contributed by atoms with van der Waals surface area (Å²) < 4.78 is 14.1. The molecule has 1 aromatic carbocycles. The minimum atomic E-state index is -0.411. The van der Waals surface area contributed by atoms with E-state index in [1.54, 1.807) is 7.11 Å². The third-order valence-electron chi connectivity index (χ3n) is 5.12. The smallest absolute Gasteiger partial charge is 0.309 e. The number of carbonyl (C=O) groups excluding carboxylic acids is 1. The van der Waals surface area contributed by atoms with Gasteiger partial charge in [-0.15, -0.1) is 0 Å². The molecule has 2 aromatic rings. The Morgan fingerprint density at radius 1 is 1.26 bits per heavy atom. The first-order valence-electron chi connectivity index (χ1n) is 9.69. The van der Waals surface area contributed by atoms with Crippen molar-refractivity contribution in [2.45, 2.75) is 65.0 Å². The van der Waals surface area contributed by atoms with Crippen LogP contribution in [0.15, 0.2) is 22.8 Å². The van der Waals surface area contributed by atoms with Gasteiger partial charge in [-0.25, -0.2) is 0 Å². The number of aromatic nitrogens is 2. The van der Waals surface area contributed by atoms with E-state index < -0.39 is 5.60 Å². The van der Waals surface area contributed by atoms with Crippen molar-refractivity contribution in [2.24, 2.45) is 11.8 Å². The van der Waals surface area contributed by atoms with Crippen molar-refractivity contribution in [3.05, 3.63) is 22.8 Å². The highest BCUT2D eigenvalue weighted by molar-refractivity contribution is 9.10. The Hall–Kier alpha value is -1.56. The molecule has 0 bridgehead atoms. The number of hydrogen-bond donors (Lipinski definition) is 0. The molecule has 0 spiro atoms. The first kappa shape index (κ1) is 20.2. The van der Waals surface area contributed by atoms with Gasteiger partial charge in [0.25, 0.3) is 0 Å². The fourth-order valence-electron chi connectivity index (χ4n) is 3.84. The Balaban J connectivity index is 1.65. The molecule has 0 aliphatic heterocycles. The SMILES string of the molecule is COc1c(Br)ccc2nn(CC3CCCC(C(=O)OC(C)(C)C)CC3)cc12. The third-order valence-corrected chi connectivity index (χ3v) is 5.74. The molecule has 148 valence electrons. The van der Waals surface area contributed by atoms with Crippen LogP contribution in [0.2, 0.25) is 0 Å². The molecule has 0 N–H and O–H groups in total. The maximum atomic E-state index is 12.4. The number of fused-ring (bicyclic) bond motifs is 1. The lowest BCUT2D eigenvalue weighted by Gasteiger charge is -2.23. The minimum absolute atomic E-state index is 0.0296. The fourth-order valence-corrected chi connectivity index (χ4v) is 4.35. The molecule has 0 radical (unpaired) electrons. The van der Waals surface area contributed by atoms with Gasteiger partial charge in [0.05, 0.1) is 28.4 Å². The van der Waals surface area contributed by atoms with Crippen LogP contribution >= 0.6 is 15.9 Å². The second kappa shape index (κ2) is 8.21. The van der Waals surface area contributed by atoms with E-state index in [-0.39, 0.29) is 11.9 Å². The summed E-state index contributed by atoms with van der Waals surface area (Å²) in [5.74, 6) is 1.34. The number of esters is 1. The first-order chi connectivity index (χ1) is 12.8. The van der Waals surface area contributed by atoms with Crippen LogP contribution in [0.5, 0.6) is 5.75 Å². The van der Waals surface area contributed by atoms with Gasteiger partial charge in [0, 0.05) is 12.7 Å². The van der Waals surface area contributed by atoms with Crippen molar-refractivity contribution in [3.8, 4) is 5.75 Å². The van der Waals surface area contributed by atoms with E-state index in [2.05, 4.69) is 22.1 Å². The van der Waals surface area contributed by atoms with Crippen molar-refractivity contribution >= 4 is 32.8 Å². The predicted molar refractivity (Wildman–Crippen MR) is 110 cm³/mol. The van der Waals surface area contributed by atoms with E-state index in [1.807, 2.05) is 37.6 Å². The highest BCUT2D eigenvalue weighted by Crippen LogP contribution is 2.34. The third kappa shape index (κ3) is 5.03. The molecule has 6 heteroatoms. The van der Waals surface area contributed by atoms with E-state index in [1.165, 1.54) is 0 Å². The zero-order chi connectivity index (χ0) is 19.6. The van der Waals surface area contributed by atoms with Gasteiger partial charge in [-0.3, -0.25) is 9.48 Å². The minimum Gasteiger partial charge on any atom is -0.495 e. The van der Waals surface area contributed by atoms with E-state index in [4.69, 9.17) is 14.6 Å². The first-order valence-corrected chi connectivity index (χ1v) is 10.5. The summed E-state index contributed by atoms with van der Waals surface area (Å²) >= 11 is 3.53. The summed E-state index contributed by atoms with van der Waals surface area (Å²) in [6.45, 7) is 6.66. The molecule has 1 aliphatic rings. The number of halogens is 1. The lowest BCUT2D eigenvalue weighted by Crippen LogP contribution is -2.28. The Morgan fingerprint density at radius 2 is 2.04 bits per heavy atom. The molecule has 1 saturated carbocycles. The number of hydrogen-bond acceptors (Lipinski definition) is 4. The van der Waals surface area contributed by atoms with Gasteiger partial charge in [0.2, 0.25) is 0 Å². The van der Waals surface area contributed by atoms with Gasteiger partial charge in [0.15, 0.2) is 0 Å². The molecule has 2 atom stereocenters. The van der Waals surface area contributed by atoms with Crippen molar-refractivity contribution < 1.29 is 14.3 Å². The van der Waals surface area contributed by atoms with Gasteiger partial charge in [0.1, 0.15) is 11.4 Å². The highest BCUT2D eigenvalue weighted by atomic mass is 79.9. The zero-order valence-electron chi connectivity index (χ0n) is 16.6. The Kier molecular flexibility index (Phi) is 6.14. The lowest BCUT2D eigenvalue weighted by molar-refractivity contribution is -0.160. The van der Waals surface area contributed by atoms with E-state index in [9.17, 15) is 4.79 Å². The number of methoxy groups -OCH3 is 1. The van der Waals surface area contributed by atoms with Crippen LogP contribution in [-0.2, 0) is 16.1 Å². The molecule has 27 heavy (non-hydrogen) atoms. The van der Waals surface area contributed by atoms with E-state index >= 15 is 0 Å². The summed E-state index contributed by atoms with van der Waals surface area (Å²) in [5.41, 5.74) is 0.529. The maximum absolute atomic E-state index is 12.4. The summed E-state index contributed by atoms with van der Waals surface area (Å²) in [5, 5.41) is 5.73. The molecule has 1 fully saturated rings. The van der Waals surface area contributed by atoms with Crippen molar-refractivity contribution in [1.82, 2.24) is 9.78 Å². The Bertz CT molecular complexity index is 810. The van der Waals surface area contributed by atoms with Crippen LogP contribution in [0.3, 0.4) is 0 Å². The average molecular weight is 437 g/mol. The topological polar surface area (TPSA) is 53.4 Å². The van der Waals surface area contributed by atoms with Crippen LogP contribution in [0.25, 0.3) is 10.9 Å². The zero-order valence-corrected chi connectivity index (χ0v) is 18.2. The summed E-state index contributed by atoms with van der Waals surface area (Å²) in [6, 6.07) is 3.97. The van der Waals surface area contributed by atoms with Gasteiger partial charge in [-0.1, -0.05) is 6.42 Å². The average Bonchev–Trinajstić information content (AvgIpc) is 2.82. The van der Waals surface area contributed by atoms with Crippen LogP contribution in [0.4, 0.5) is 0 Å². The largest absolute Gasteiger partial charge is 0.495 e. The van der Waals surface area contributed by atoms with Crippen LogP contribution in [-0.4, -0.2) is 28.5 Å². The maximum Gasteiger partial charge on any atom is 0.309 e. The monoisotopic (exact) mass is 436 g/mol. The molecule has 1 aromatic heterocycles. The summed E-state index contributed by atoms with van der Waals surface area (Å²) in [6.07, 6.45) is 7.10. The van der Waals surface area contributed by atoms with Crippen LogP contribution < -0.4 is 4.74 Å². The number of nitrogens with zero attached hydrogens (tertiary/aromatic N) is 2. The number of benzene rings is 1. The molecule has 0 amide bonds. The van der Waals surface area contributed by atoms with E-state index in [0.29, 0.717) is 5.92 Å².